The zero-order valence-corrected chi connectivity index (χ0v) is 10.5. The Hall–Kier alpha value is -1.59. The summed E-state index contributed by atoms with van der Waals surface area (Å²) in [5, 5.41) is 7.81. The van der Waals surface area contributed by atoms with Crippen molar-refractivity contribution in [3.8, 4) is 5.88 Å². The number of ether oxygens (including phenoxy) is 1. The monoisotopic (exact) mass is 268 g/mol. The smallest absolute Gasteiger partial charge is 0.224 e. The first kappa shape index (κ1) is 11.9. The van der Waals surface area contributed by atoms with Crippen molar-refractivity contribution in [1.29, 1.82) is 0 Å². The van der Waals surface area contributed by atoms with E-state index in [0.29, 0.717) is 28.8 Å². The van der Waals surface area contributed by atoms with Crippen LogP contribution in [0.25, 0.3) is 0 Å². The highest BCUT2D eigenvalue weighted by Crippen LogP contribution is 2.23. The van der Waals surface area contributed by atoms with E-state index in [9.17, 15) is 0 Å². The van der Waals surface area contributed by atoms with Crippen molar-refractivity contribution in [3.05, 3.63) is 39.2 Å². The summed E-state index contributed by atoms with van der Waals surface area (Å²) in [6.45, 7) is 0.331. The molecule has 0 fully saturated rings. The minimum Gasteiger partial charge on any atom is -0.472 e. The fourth-order valence-corrected chi connectivity index (χ4v) is 2.03. The maximum Gasteiger partial charge on any atom is 0.224 e. The second-order valence-corrected chi connectivity index (χ2v) is 4.48. The van der Waals surface area contributed by atoms with Gasteiger partial charge in [-0.25, -0.2) is 4.98 Å². The third kappa shape index (κ3) is 2.75. The van der Waals surface area contributed by atoms with Crippen molar-refractivity contribution in [2.45, 2.75) is 6.61 Å². The summed E-state index contributed by atoms with van der Waals surface area (Å²) >= 11 is 7.56. The maximum absolute atomic E-state index is 6.09. The van der Waals surface area contributed by atoms with Gasteiger partial charge in [0.1, 0.15) is 6.61 Å². The van der Waals surface area contributed by atoms with Crippen molar-refractivity contribution in [1.82, 2.24) is 4.98 Å². The van der Waals surface area contributed by atoms with E-state index in [2.05, 4.69) is 4.98 Å². The minimum atomic E-state index is 0.331. The number of nitrogen functional groups attached to an aromatic ring is 1. The van der Waals surface area contributed by atoms with Gasteiger partial charge in [-0.2, -0.15) is 0 Å². The summed E-state index contributed by atoms with van der Waals surface area (Å²) in [4.78, 5) is 4.01. The normalized spacial score (nSPS) is 10.2. The lowest BCUT2D eigenvalue weighted by molar-refractivity contribution is -0.104. The molecule has 0 saturated heterocycles. The van der Waals surface area contributed by atoms with Gasteiger partial charge < -0.3 is 10.5 Å². The molecule has 0 aliphatic carbocycles. The molecular weight excluding hydrogens is 258 g/mol. The van der Waals surface area contributed by atoms with E-state index in [1.54, 1.807) is 17.6 Å². The van der Waals surface area contributed by atoms with Gasteiger partial charge >= 0.3 is 0 Å². The maximum atomic E-state index is 6.09. The zero-order chi connectivity index (χ0) is 12.3. The van der Waals surface area contributed by atoms with E-state index in [0.717, 1.165) is 5.56 Å². The highest BCUT2D eigenvalue weighted by atomic mass is 35.5. The number of nitrogens with zero attached hydrogens (tertiary/aromatic N) is 1. The molecule has 0 radical (unpaired) electrons. The van der Waals surface area contributed by atoms with Gasteiger partial charge in [-0.05, 0) is 12.1 Å². The molecule has 2 aromatic rings. The fourth-order valence-electron chi connectivity index (χ4n) is 1.33. The Morgan fingerprint density at radius 3 is 3.00 bits per heavy atom. The first-order valence-corrected chi connectivity index (χ1v) is 6.16. The Labute approximate surface area is 108 Å². The first-order chi connectivity index (χ1) is 8.20. The number of anilines is 1. The van der Waals surface area contributed by atoms with Crippen LogP contribution in [0.1, 0.15) is 11.1 Å². The molecule has 1 aromatic carbocycles. The Morgan fingerprint density at radius 1 is 1.53 bits per heavy atom. The van der Waals surface area contributed by atoms with E-state index in [1.807, 2.05) is 5.38 Å². The van der Waals surface area contributed by atoms with Crippen molar-refractivity contribution >= 4 is 34.8 Å². The van der Waals surface area contributed by atoms with Crippen LogP contribution in [0.4, 0.5) is 5.69 Å². The van der Waals surface area contributed by atoms with Crippen molar-refractivity contribution < 1.29 is 10.1 Å². The lowest BCUT2D eigenvalue weighted by Crippen LogP contribution is -2.30. The second kappa shape index (κ2) is 5.16. The zero-order valence-electron chi connectivity index (χ0n) is 8.89. The molecule has 0 spiro atoms. The standard InChI is InChI=1S/C11H10ClN3OS/c12-9-1-7(3-13)10(14)2-8(9)4-16-11-5-17-6-15-11/h1-3,5-6,13H,4,14H2/p+1. The van der Waals surface area contributed by atoms with Gasteiger partial charge in [0, 0.05) is 16.3 Å². The molecule has 0 unspecified atom stereocenters. The van der Waals surface area contributed by atoms with Crippen LogP contribution in [0.2, 0.25) is 5.02 Å². The highest BCUT2D eigenvalue weighted by molar-refractivity contribution is 7.07. The second-order valence-electron chi connectivity index (χ2n) is 3.35. The molecular formula is C11H11ClN3OS+. The number of hydrogen-bond acceptors (Lipinski definition) is 4. The molecule has 4 nitrogen and oxygen atoms in total. The molecule has 1 heterocycles. The van der Waals surface area contributed by atoms with Crippen LogP contribution < -0.4 is 15.9 Å². The van der Waals surface area contributed by atoms with E-state index in [4.69, 9.17) is 27.5 Å². The van der Waals surface area contributed by atoms with E-state index < -0.39 is 0 Å². The molecule has 4 N–H and O–H groups in total. The van der Waals surface area contributed by atoms with E-state index in [-0.39, 0.29) is 0 Å². The highest BCUT2D eigenvalue weighted by Gasteiger charge is 2.07. The number of rotatable bonds is 4. The average Bonchev–Trinajstić information content (AvgIpc) is 2.82. The van der Waals surface area contributed by atoms with Crippen LogP contribution in [0.3, 0.4) is 0 Å². The Kier molecular flexibility index (Phi) is 3.61. The summed E-state index contributed by atoms with van der Waals surface area (Å²) in [6.07, 6.45) is 1.42. The van der Waals surface area contributed by atoms with E-state index in [1.165, 1.54) is 17.6 Å². The molecule has 88 valence electrons. The Morgan fingerprint density at radius 2 is 2.35 bits per heavy atom. The summed E-state index contributed by atoms with van der Waals surface area (Å²) in [5.74, 6) is 0.583. The molecule has 6 heteroatoms. The minimum absolute atomic E-state index is 0.331. The van der Waals surface area contributed by atoms with Crippen LogP contribution in [0.15, 0.2) is 23.0 Å². The third-order valence-corrected chi connectivity index (χ3v) is 3.13. The number of aromatic nitrogens is 1. The average molecular weight is 269 g/mol. The Bertz CT molecular complexity index is 528. The summed E-state index contributed by atoms with van der Waals surface area (Å²) < 4.78 is 5.46. The molecule has 0 aliphatic heterocycles. The fraction of sp³-hybridized carbons (Fsp3) is 0.0909. The van der Waals surface area contributed by atoms with E-state index >= 15 is 0 Å². The number of thiazole rings is 1. The van der Waals surface area contributed by atoms with Gasteiger partial charge in [-0.3, -0.25) is 5.41 Å². The van der Waals surface area contributed by atoms with Crippen LogP contribution in [-0.2, 0) is 6.61 Å². The molecule has 0 aliphatic rings. The quantitative estimate of drug-likeness (QED) is 0.645. The number of halogens is 1. The van der Waals surface area contributed by atoms with Gasteiger partial charge in [0.2, 0.25) is 5.88 Å². The number of benzene rings is 1. The first-order valence-electron chi connectivity index (χ1n) is 4.84. The molecule has 0 bridgehead atoms. The van der Waals surface area contributed by atoms with Gasteiger partial charge in [0.25, 0.3) is 0 Å². The van der Waals surface area contributed by atoms with Crippen LogP contribution in [0, 0.1) is 0 Å². The third-order valence-electron chi connectivity index (χ3n) is 2.22. The van der Waals surface area contributed by atoms with Gasteiger partial charge in [-0.15, -0.1) is 11.3 Å². The van der Waals surface area contributed by atoms with Crippen molar-refractivity contribution in [2.75, 3.05) is 5.73 Å². The topological polar surface area (TPSA) is 73.7 Å². The molecule has 0 amide bonds. The SMILES string of the molecule is Nc1cc(COc2cscn2)c(Cl)cc1C=[NH2+]. The molecule has 17 heavy (non-hydrogen) atoms. The lowest BCUT2D eigenvalue weighted by Gasteiger charge is -2.07. The molecule has 0 saturated carbocycles. The lowest BCUT2D eigenvalue weighted by atomic mass is 10.1. The largest absolute Gasteiger partial charge is 0.472 e. The van der Waals surface area contributed by atoms with Gasteiger partial charge in [-0.1, -0.05) is 11.6 Å². The summed E-state index contributed by atoms with van der Waals surface area (Å²) in [5.41, 5.74) is 9.62. The predicted octanol–water partition coefficient (Wildman–Crippen LogP) is 1.14. The number of hydrogen-bond donors (Lipinski definition) is 2. The van der Waals surface area contributed by atoms with Gasteiger partial charge in [0.15, 0.2) is 6.21 Å². The van der Waals surface area contributed by atoms with Gasteiger partial charge in [0.05, 0.1) is 16.5 Å². The number of nitrogens with two attached hydrogens (primary N) is 2. The van der Waals surface area contributed by atoms with Crippen LogP contribution >= 0.6 is 22.9 Å². The summed E-state index contributed by atoms with van der Waals surface area (Å²) in [7, 11) is 0. The Balaban J connectivity index is 2.16. The molecule has 2 rings (SSSR count). The van der Waals surface area contributed by atoms with Crippen molar-refractivity contribution in [3.63, 3.8) is 0 Å². The van der Waals surface area contributed by atoms with Crippen molar-refractivity contribution in [2.24, 2.45) is 0 Å². The molecule has 0 atom stereocenters. The predicted molar refractivity (Wildman–Crippen MR) is 69.4 cm³/mol. The molecule has 1 aromatic heterocycles. The van der Waals surface area contributed by atoms with Crippen LogP contribution in [0.5, 0.6) is 5.88 Å². The van der Waals surface area contributed by atoms with Crippen LogP contribution in [-0.4, -0.2) is 11.2 Å². The summed E-state index contributed by atoms with van der Waals surface area (Å²) in [6, 6.07) is 3.48.